The minimum atomic E-state index is 0.0682. The van der Waals surface area contributed by atoms with Gasteiger partial charge < -0.3 is 15.2 Å². The number of aromatic nitrogens is 2. The van der Waals surface area contributed by atoms with E-state index in [1.54, 1.807) is 13.3 Å². The first-order chi connectivity index (χ1) is 9.24. The van der Waals surface area contributed by atoms with E-state index in [9.17, 15) is 0 Å². The Bertz CT molecular complexity index is 508. The second kappa shape index (κ2) is 6.36. The fourth-order valence-electron chi connectivity index (χ4n) is 1.80. The van der Waals surface area contributed by atoms with E-state index in [2.05, 4.69) is 15.5 Å². The highest BCUT2D eigenvalue weighted by atomic mass is 16.5. The molecule has 2 aromatic rings. The lowest BCUT2D eigenvalue weighted by Gasteiger charge is -2.10. The van der Waals surface area contributed by atoms with Crippen molar-refractivity contribution in [2.45, 2.75) is 19.5 Å². The zero-order valence-electron chi connectivity index (χ0n) is 11.2. The monoisotopic (exact) mass is 261 g/mol. The summed E-state index contributed by atoms with van der Waals surface area (Å²) in [5.74, 6) is 0.830. The summed E-state index contributed by atoms with van der Waals surface area (Å²) in [6.45, 7) is 2.72. The molecule has 2 rings (SSSR count). The number of hydrogen-bond donors (Lipinski definition) is 3. The van der Waals surface area contributed by atoms with Gasteiger partial charge in [-0.3, -0.25) is 5.10 Å². The van der Waals surface area contributed by atoms with E-state index in [-0.39, 0.29) is 12.6 Å². The van der Waals surface area contributed by atoms with Gasteiger partial charge in [-0.2, -0.15) is 5.10 Å². The lowest BCUT2D eigenvalue weighted by Crippen LogP contribution is -2.28. The van der Waals surface area contributed by atoms with Crippen molar-refractivity contribution in [1.29, 1.82) is 0 Å². The van der Waals surface area contributed by atoms with Gasteiger partial charge >= 0.3 is 0 Å². The van der Waals surface area contributed by atoms with Gasteiger partial charge in [0.25, 0.3) is 0 Å². The Hall–Kier alpha value is -1.85. The minimum absolute atomic E-state index is 0.0682. The van der Waals surface area contributed by atoms with Crippen molar-refractivity contribution in [2.75, 3.05) is 13.7 Å². The van der Waals surface area contributed by atoms with Crippen LogP contribution in [0.3, 0.4) is 0 Å². The van der Waals surface area contributed by atoms with Crippen LogP contribution in [-0.4, -0.2) is 35.1 Å². The minimum Gasteiger partial charge on any atom is -0.497 e. The number of aliphatic hydroxyl groups excluding tert-OH is 1. The van der Waals surface area contributed by atoms with Crippen LogP contribution >= 0.6 is 0 Å². The molecule has 1 aromatic carbocycles. The van der Waals surface area contributed by atoms with Crippen LogP contribution in [0.1, 0.15) is 12.5 Å². The van der Waals surface area contributed by atoms with Crippen LogP contribution in [0.25, 0.3) is 11.3 Å². The fourth-order valence-corrected chi connectivity index (χ4v) is 1.80. The maximum absolute atomic E-state index is 9.01. The summed E-state index contributed by atoms with van der Waals surface area (Å²) in [6.07, 6.45) is 1.80. The number of aliphatic hydroxyl groups is 1. The first-order valence-corrected chi connectivity index (χ1v) is 6.25. The van der Waals surface area contributed by atoms with E-state index < -0.39 is 0 Å². The van der Waals surface area contributed by atoms with E-state index in [0.29, 0.717) is 6.54 Å². The van der Waals surface area contributed by atoms with Gasteiger partial charge in [0.15, 0.2) is 0 Å². The third-order valence-corrected chi connectivity index (χ3v) is 3.01. The topological polar surface area (TPSA) is 70.2 Å². The highest BCUT2D eigenvalue weighted by molar-refractivity contribution is 5.63. The van der Waals surface area contributed by atoms with Gasteiger partial charge in [-0.05, 0) is 31.2 Å². The summed E-state index contributed by atoms with van der Waals surface area (Å²) in [4.78, 5) is 0. The maximum Gasteiger partial charge on any atom is 0.118 e. The number of ether oxygens (including phenoxy) is 1. The number of methoxy groups -OCH3 is 1. The van der Waals surface area contributed by atoms with Gasteiger partial charge in [0.2, 0.25) is 0 Å². The molecular formula is C14H19N3O2. The number of H-pyrrole nitrogens is 1. The molecule has 102 valence electrons. The zero-order chi connectivity index (χ0) is 13.7. The molecule has 0 saturated carbocycles. The van der Waals surface area contributed by atoms with Gasteiger partial charge in [-0.15, -0.1) is 0 Å². The molecule has 0 aliphatic heterocycles. The molecule has 0 bridgehead atoms. The second-order valence-electron chi connectivity index (χ2n) is 4.46. The SMILES string of the molecule is COc1ccc(-c2[nH]ncc2CN[C@@H](C)CO)cc1. The molecule has 5 heteroatoms. The second-order valence-corrected chi connectivity index (χ2v) is 4.46. The summed E-state index contributed by atoms with van der Waals surface area (Å²) in [5, 5.41) is 19.3. The molecule has 0 unspecified atom stereocenters. The number of nitrogens with one attached hydrogen (secondary N) is 2. The quantitative estimate of drug-likeness (QED) is 0.738. The molecule has 1 heterocycles. The Kier molecular flexibility index (Phi) is 4.54. The zero-order valence-corrected chi connectivity index (χ0v) is 11.2. The molecule has 1 atom stereocenters. The van der Waals surface area contributed by atoms with Crippen LogP contribution in [0.5, 0.6) is 5.75 Å². The van der Waals surface area contributed by atoms with Crippen molar-refractivity contribution >= 4 is 0 Å². The van der Waals surface area contributed by atoms with Crippen LogP contribution in [0.2, 0.25) is 0 Å². The van der Waals surface area contributed by atoms with Crippen LogP contribution in [0, 0.1) is 0 Å². The molecule has 0 spiro atoms. The molecular weight excluding hydrogens is 242 g/mol. The van der Waals surface area contributed by atoms with Gasteiger partial charge in [-0.1, -0.05) is 0 Å². The molecule has 0 aliphatic rings. The number of rotatable bonds is 6. The third-order valence-electron chi connectivity index (χ3n) is 3.01. The fraction of sp³-hybridized carbons (Fsp3) is 0.357. The number of benzene rings is 1. The Balaban J connectivity index is 2.13. The first kappa shape index (κ1) is 13.6. The van der Waals surface area contributed by atoms with Crippen molar-refractivity contribution in [3.63, 3.8) is 0 Å². The highest BCUT2D eigenvalue weighted by Crippen LogP contribution is 2.23. The van der Waals surface area contributed by atoms with Crippen molar-refractivity contribution in [3.05, 3.63) is 36.0 Å². The largest absolute Gasteiger partial charge is 0.497 e. The summed E-state index contributed by atoms with van der Waals surface area (Å²) >= 11 is 0. The summed E-state index contributed by atoms with van der Waals surface area (Å²) in [7, 11) is 1.65. The molecule has 0 radical (unpaired) electrons. The molecule has 1 aromatic heterocycles. The van der Waals surface area contributed by atoms with E-state index in [0.717, 1.165) is 22.6 Å². The van der Waals surface area contributed by atoms with Gasteiger partial charge in [0.05, 0.1) is 25.6 Å². The Morgan fingerprint density at radius 2 is 2.11 bits per heavy atom. The van der Waals surface area contributed by atoms with Gasteiger partial charge in [0, 0.05) is 23.7 Å². The first-order valence-electron chi connectivity index (χ1n) is 6.25. The Morgan fingerprint density at radius 1 is 1.37 bits per heavy atom. The number of hydrogen-bond acceptors (Lipinski definition) is 4. The summed E-state index contributed by atoms with van der Waals surface area (Å²) < 4.78 is 5.14. The number of nitrogens with zero attached hydrogens (tertiary/aromatic N) is 1. The maximum atomic E-state index is 9.01. The van der Waals surface area contributed by atoms with Crippen molar-refractivity contribution < 1.29 is 9.84 Å². The van der Waals surface area contributed by atoms with Crippen LogP contribution in [-0.2, 0) is 6.54 Å². The molecule has 0 fully saturated rings. The Morgan fingerprint density at radius 3 is 2.74 bits per heavy atom. The third kappa shape index (κ3) is 3.33. The lowest BCUT2D eigenvalue weighted by molar-refractivity contribution is 0.251. The van der Waals surface area contributed by atoms with E-state index in [1.807, 2.05) is 31.2 Å². The van der Waals surface area contributed by atoms with Crippen molar-refractivity contribution in [2.24, 2.45) is 0 Å². The molecule has 0 saturated heterocycles. The molecule has 0 amide bonds. The van der Waals surface area contributed by atoms with E-state index in [4.69, 9.17) is 9.84 Å². The standard InChI is InChI=1S/C14H19N3O2/c1-10(9-18)15-7-12-8-16-17-14(12)11-3-5-13(19-2)6-4-11/h3-6,8,10,15,18H,7,9H2,1-2H3,(H,16,17)/t10-/m0/s1. The molecule has 5 nitrogen and oxygen atoms in total. The van der Waals surface area contributed by atoms with Crippen molar-refractivity contribution in [3.8, 4) is 17.0 Å². The summed E-state index contributed by atoms with van der Waals surface area (Å²) in [5.41, 5.74) is 3.12. The Labute approximate surface area is 112 Å². The van der Waals surface area contributed by atoms with Crippen LogP contribution in [0.15, 0.2) is 30.5 Å². The molecule has 0 aliphatic carbocycles. The summed E-state index contributed by atoms with van der Waals surface area (Å²) in [6, 6.07) is 7.89. The predicted octanol–water partition coefficient (Wildman–Crippen LogP) is 1.56. The average Bonchev–Trinajstić information content (AvgIpc) is 2.93. The van der Waals surface area contributed by atoms with E-state index in [1.165, 1.54) is 0 Å². The smallest absolute Gasteiger partial charge is 0.118 e. The predicted molar refractivity (Wildman–Crippen MR) is 74.0 cm³/mol. The highest BCUT2D eigenvalue weighted by Gasteiger charge is 2.08. The molecule has 19 heavy (non-hydrogen) atoms. The van der Waals surface area contributed by atoms with Crippen molar-refractivity contribution in [1.82, 2.24) is 15.5 Å². The molecule has 3 N–H and O–H groups in total. The van der Waals surface area contributed by atoms with Crippen LogP contribution < -0.4 is 10.1 Å². The van der Waals surface area contributed by atoms with Crippen LogP contribution in [0.4, 0.5) is 0 Å². The number of aromatic amines is 1. The normalized spacial score (nSPS) is 12.4. The average molecular weight is 261 g/mol. The van der Waals surface area contributed by atoms with E-state index >= 15 is 0 Å². The van der Waals surface area contributed by atoms with Gasteiger partial charge in [0.1, 0.15) is 5.75 Å². The van der Waals surface area contributed by atoms with Gasteiger partial charge in [-0.25, -0.2) is 0 Å². The lowest BCUT2D eigenvalue weighted by atomic mass is 10.1.